The van der Waals surface area contributed by atoms with Crippen LogP contribution in [0.25, 0.3) is 0 Å². The van der Waals surface area contributed by atoms with Crippen molar-refractivity contribution in [2.24, 2.45) is 5.41 Å². The van der Waals surface area contributed by atoms with E-state index >= 15 is 0 Å². The van der Waals surface area contributed by atoms with Crippen LogP contribution in [-0.4, -0.2) is 43.0 Å². The fourth-order valence-corrected chi connectivity index (χ4v) is 1.70. The highest BCUT2D eigenvalue weighted by molar-refractivity contribution is 5.88. The van der Waals surface area contributed by atoms with Gasteiger partial charge in [0.2, 0.25) is 0 Å². The Morgan fingerprint density at radius 3 is 1.94 bits per heavy atom. The number of hydrogen-bond acceptors (Lipinski definition) is 3. The molecule has 0 unspecified atom stereocenters. The first-order valence-corrected chi connectivity index (χ1v) is 6.28. The van der Waals surface area contributed by atoms with Gasteiger partial charge in [-0.05, 0) is 34.2 Å². The Hall–Kier alpha value is -0.410. The second-order valence-corrected chi connectivity index (χ2v) is 6.69. The van der Waals surface area contributed by atoms with Gasteiger partial charge in [-0.25, -0.2) is 0 Å². The summed E-state index contributed by atoms with van der Waals surface area (Å²) in [4.78, 5) is 14.6. The van der Waals surface area contributed by atoms with Gasteiger partial charge >= 0.3 is 0 Å². The van der Waals surface area contributed by atoms with Gasteiger partial charge in [-0.1, -0.05) is 20.8 Å². The molecule has 0 bridgehead atoms. The molecule has 0 fully saturated rings. The summed E-state index contributed by atoms with van der Waals surface area (Å²) in [5.74, 6) is 0.284. The molecule has 0 aromatic carbocycles. The summed E-state index contributed by atoms with van der Waals surface area (Å²) in [6, 6.07) is -0.0741. The van der Waals surface area contributed by atoms with Gasteiger partial charge in [0, 0.05) is 24.7 Å². The quantitative estimate of drug-likeness (QED) is 0.743. The fourth-order valence-electron chi connectivity index (χ4n) is 1.70. The molecular weight excluding hydrogens is 214 g/mol. The summed E-state index contributed by atoms with van der Waals surface area (Å²) in [7, 11) is 3.69. The van der Waals surface area contributed by atoms with Crippen molar-refractivity contribution in [1.29, 1.82) is 0 Å². The van der Waals surface area contributed by atoms with Crippen LogP contribution >= 0.6 is 0 Å². The van der Waals surface area contributed by atoms with E-state index in [9.17, 15) is 4.79 Å². The SMILES string of the molecule is COCC[C@H](C(=O)C(C)(C)C)N(C)C(C)(C)C. The first kappa shape index (κ1) is 16.6. The molecule has 0 radical (unpaired) electrons. The first-order chi connectivity index (χ1) is 7.51. The third-order valence-electron chi connectivity index (χ3n) is 3.16. The molecule has 0 aliphatic carbocycles. The van der Waals surface area contributed by atoms with Crippen molar-refractivity contribution >= 4 is 5.78 Å². The topological polar surface area (TPSA) is 29.5 Å². The zero-order valence-electron chi connectivity index (χ0n) is 12.8. The minimum absolute atomic E-state index is 0.0146. The van der Waals surface area contributed by atoms with E-state index in [2.05, 4.69) is 25.7 Å². The lowest BCUT2D eigenvalue weighted by molar-refractivity contribution is -0.134. The summed E-state index contributed by atoms with van der Waals surface area (Å²) in [5, 5.41) is 0. The van der Waals surface area contributed by atoms with Gasteiger partial charge in [0.25, 0.3) is 0 Å². The second-order valence-electron chi connectivity index (χ2n) is 6.69. The maximum Gasteiger partial charge on any atom is 0.155 e. The predicted octanol–water partition coefficient (Wildman–Crippen LogP) is 2.74. The van der Waals surface area contributed by atoms with Crippen molar-refractivity contribution in [3.05, 3.63) is 0 Å². The molecule has 3 heteroatoms. The third-order valence-corrected chi connectivity index (χ3v) is 3.16. The van der Waals surface area contributed by atoms with Crippen LogP contribution in [-0.2, 0) is 9.53 Å². The van der Waals surface area contributed by atoms with E-state index in [0.29, 0.717) is 6.61 Å². The first-order valence-electron chi connectivity index (χ1n) is 6.28. The average Bonchev–Trinajstić information content (AvgIpc) is 2.14. The summed E-state index contributed by atoms with van der Waals surface area (Å²) in [6.45, 7) is 12.9. The number of likely N-dealkylation sites (N-methyl/N-ethyl adjacent to an activating group) is 1. The molecule has 0 aromatic heterocycles. The van der Waals surface area contributed by atoms with Crippen LogP contribution in [0.5, 0.6) is 0 Å². The van der Waals surface area contributed by atoms with E-state index in [4.69, 9.17) is 4.74 Å². The normalized spacial score (nSPS) is 15.1. The minimum atomic E-state index is -0.308. The smallest absolute Gasteiger partial charge is 0.155 e. The van der Waals surface area contributed by atoms with Crippen molar-refractivity contribution in [1.82, 2.24) is 4.90 Å². The van der Waals surface area contributed by atoms with Gasteiger partial charge in [0.1, 0.15) is 0 Å². The van der Waals surface area contributed by atoms with E-state index in [-0.39, 0.29) is 22.8 Å². The Kier molecular flexibility index (Phi) is 5.82. The molecule has 0 aliphatic rings. The number of nitrogens with zero attached hydrogens (tertiary/aromatic N) is 1. The van der Waals surface area contributed by atoms with E-state index in [1.54, 1.807) is 7.11 Å². The van der Waals surface area contributed by atoms with Gasteiger partial charge in [-0.3, -0.25) is 9.69 Å². The molecule has 0 heterocycles. The van der Waals surface area contributed by atoms with Crippen molar-refractivity contribution in [3.63, 3.8) is 0 Å². The lowest BCUT2D eigenvalue weighted by atomic mass is 9.83. The Bertz CT molecular complexity index is 248. The predicted molar refractivity (Wildman–Crippen MR) is 72.3 cm³/mol. The molecule has 3 nitrogen and oxygen atoms in total. The van der Waals surface area contributed by atoms with Crippen LogP contribution in [0.1, 0.15) is 48.0 Å². The standard InChI is InChI=1S/C14H29NO2/c1-13(2,3)12(16)11(9-10-17-8)15(7)14(4,5)6/h11H,9-10H2,1-8H3/t11-/m1/s1. The van der Waals surface area contributed by atoms with E-state index in [1.807, 2.05) is 27.8 Å². The maximum atomic E-state index is 12.5. The van der Waals surface area contributed by atoms with Crippen LogP contribution in [0.2, 0.25) is 0 Å². The Balaban J connectivity index is 4.95. The van der Waals surface area contributed by atoms with Crippen molar-refractivity contribution < 1.29 is 9.53 Å². The molecule has 0 saturated carbocycles. The number of carbonyl (C=O) groups excluding carboxylic acids is 1. The maximum absolute atomic E-state index is 12.5. The largest absolute Gasteiger partial charge is 0.385 e. The molecule has 102 valence electrons. The Morgan fingerprint density at radius 2 is 1.65 bits per heavy atom. The van der Waals surface area contributed by atoms with Crippen molar-refractivity contribution in [3.8, 4) is 0 Å². The van der Waals surface area contributed by atoms with E-state index < -0.39 is 0 Å². The highest BCUT2D eigenvalue weighted by atomic mass is 16.5. The van der Waals surface area contributed by atoms with E-state index in [1.165, 1.54) is 0 Å². The van der Waals surface area contributed by atoms with Gasteiger partial charge in [-0.2, -0.15) is 0 Å². The molecule has 17 heavy (non-hydrogen) atoms. The number of carbonyl (C=O) groups is 1. The molecule has 0 N–H and O–H groups in total. The highest BCUT2D eigenvalue weighted by Crippen LogP contribution is 2.25. The van der Waals surface area contributed by atoms with E-state index in [0.717, 1.165) is 6.42 Å². The molecular formula is C14H29NO2. The lowest BCUT2D eigenvalue weighted by Gasteiger charge is -2.40. The van der Waals surface area contributed by atoms with Crippen LogP contribution < -0.4 is 0 Å². The van der Waals surface area contributed by atoms with Crippen LogP contribution in [0, 0.1) is 5.41 Å². The Morgan fingerprint density at radius 1 is 1.18 bits per heavy atom. The summed E-state index contributed by atoms with van der Waals surface area (Å²) < 4.78 is 5.12. The Labute approximate surface area is 107 Å². The molecule has 0 saturated heterocycles. The second kappa shape index (κ2) is 5.96. The molecule has 0 spiro atoms. The summed E-state index contributed by atoms with van der Waals surface area (Å²) in [5.41, 5.74) is -0.322. The zero-order valence-corrected chi connectivity index (χ0v) is 12.8. The monoisotopic (exact) mass is 243 g/mol. The fraction of sp³-hybridized carbons (Fsp3) is 0.929. The number of ether oxygens (including phenoxy) is 1. The van der Waals surface area contributed by atoms with Gasteiger partial charge in [0.05, 0.1) is 6.04 Å². The number of Topliss-reactive ketones (excluding diaryl/α,β-unsaturated/α-hetero) is 1. The van der Waals surface area contributed by atoms with Crippen molar-refractivity contribution in [2.45, 2.75) is 59.5 Å². The van der Waals surface area contributed by atoms with Gasteiger partial charge in [-0.15, -0.1) is 0 Å². The third kappa shape index (κ3) is 5.17. The number of rotatable bonds is 5. The molecule has 0 aromatic rings. The van der Waals surface area contributed by atoms with Gasteiger partial charge < -0.3 is 4.74 Å². The average molecular weight is 243 g/mol. The molecule has 0 amide bonds. The minimum Gasteiger partial charge on any atom is -0.385 e. The van der Waals surface area contributed by atoms with Crippen LogP contribution in [0.4, 0.5) is 0 Å². The van der Waals surface area contributed by atoms with Crippen LogP contribution in [0.15, 0.2) is 0 Å². The molecule has 0 aliphatic heterocycles. The molecule has 1 atom stereocenters. The zero-order chi connectivity index (χ0) is 13.9. The van der Waals surface area contributed by atoms with Crippen LogP contribution in [0.3, 0.4) is 0 Å². The summed E-state index contributed by atoms with van der Waals surface area (Å²) in [6.07, 6.45) is 0.750. The molecule has 0 rings (SSSR count). The highest BCUT2D eigenvalue weighted by Gasteiger charge is 2.35. The number of methoxy groups -OCH3 is 1. The number of ketones is 1. The van der Waals surface area contributed by atoms with Gasteiger partial charge in [0.15, 0.2) is 5.78 Å². The number of hydrogen-bond donors (Lipinski definition) is 0. The summed E-state index contributed by atoms with van der Waals surface area (Å²) >= 11 is 0. The van der Waals surface area contributed by atoms with Crippen molar-refractivity contribution in [2.75, 3.05) is 20.8 Å². The lowest BCUT2D eigenvalue weighted by Crippen LogP contribution is -2.52.